The molecule has 0 radical (unpaired) electrons. The third-order valence-electron chi connectivity index (χ3n) is 3.70. The van der Waals surface area contributed by atoms with Crippen molar-refractivity contribution in [1.29, 1.82) is 5.26 Å². The summed E-state index contributed by atoms with van der Waals surface area (Å²) in [6, 6.07) is 2.36. The molecule has 4 heteroatoms. The molecule has 1 heterocycles. The molecule has 1 saturated carbocycles. The van der Waals surface area contributed by atoms with Crippen molar-refractivity contribution in [3.8, 4) is 6.07 Å². The molecular formula is C12H20N2O2. The number of nitrogens with one attached hydrogen (secondary N) is 1. The smallest absolute Gasteiger partial charge is 0.109 e. The molecule has 0 amide bonds. The second-order valence-electron chi connectivity index (χ2n) is 4.78. The molecule has 1 saturated heterocycles. The number of ether oxygens (including phenoxy) is 2. The maximum Gasteiger partial charge on any atom is 0.109 e. The Morgan fingerprint density at radius 2 is 2.44 bits per heavy atom. The zero-order chi connectivity index (χ0) is 11.4. The predicted molar refractivity (Wildman–Crippen MR) is 60.0 cm³/mol. The van der Waals surface area contributed by atoms with E-state index in [9.17, 15) is 0 Å². The van der Waals surface area contributed by atoms with Gasteiger partial charge in [0.2, 0.25) is 0 Å². The fourth-order valence-electron chi connectivity index (χ4n) is 2.55. The topological polar surface area (TPSA) is 54.3 Å². The summed E-state index contributed by atoms with van der Waals surface area (Å²) in [5.41, 5.74) is -0.360. The van der Waals surface area contributed by atoms with E-state index < -0.39 is 0 Å². The first-order valence-electron chi connectivity index (χ1n) is 6.11. The quantitative estimate of drug-likeness (QED) is 0.780. The number of hydrogen-bond acceptors (Lipinski definition) is 4. The molecule has 0 aromatic carbocycles. The molecule has 0 aromatic heterocycles. The summed E-state index contributed by atoms with van der Waals surface area (Å²) in [5, 5.41) is 12.2. The van der Waals surface area contributed by atoms with Crippen molar-refractivity contribution < 1.29 is 9.47 Å². The highest BCUT2D eigenvalue weighted by atomic mass is 16.5. The standard InChI is InChI=1S/C12H20N2O2/c1-14-12(9-13)5-4-10(7-12)16-8-11-3-2-6-15-11/h10-11,14H,2-8H2,1H3. The minimum Gasteiger partial charge on any atom is -0.376 e. The third-order valence-corrected chi connectivity index (χ3v) is 3.70. The van der Waals surface area contributed by atoms with Crippen molar-refractivity contribution in [3.05, 3.63) is 0 Å². The Labute approximate surface area is 96.9 Å². The number of rotatable bonds is 4. The van der Waals surface area contributed by atoms with Crippen LogP contribution < -0.4 is 5.32 Å². The molecule has 0 bridgehead atoms. The zero-order valence-electron chi connectivity index (χ0n) is 9.87. The van der Waals surface area contributed by atoms with Gasteiger partial charge in [0, 0.05) is 13.0 Å². The second-order valence-corrected chi connectivity index (χ2v) is 4.78. The van der Waals surface area contributed by atoms with Crippen LogP contribution in [0.4, 0.5) is 0 Å². The summed E-state index contributed by atoms with van der Waals surface area (Å²) in [6.45, 7) is 1.56. The molecule has 1 aliphatic carbocycles. The van der Waals surface area contributed by atoms with Gasteiger partial charge in [0.1, 0.15) is 5.54 Å². The highest BCUT2D eigenvalue weighted by molar-refractivity contribution is 5.11. The highest BCUT2D eigenvalue weighted by Gasteiger charge is 2.38. The fourth-order valence-corrected chi connectivity index (χ4v) is 2.55. The molecule has 2 aliphatic rings. The molecule has 3 atom stereocenters. The van der Waals surface area contributed by atoms with Crippen molar-refractivity contribution in [3.63, 3.8) is 0 Å². The van der Waals surface area contributed by atoms with E-state index in [0.717, 1.165) is 38.7 Å². The molecule has 2 fully saturated rings. The van der Waals surface area contributed by atoms with E-state index in [-0.39, 0.29) is 17.7 Å². The summed E-state index contributed by atoms with van der Waals surface area (Å²) >= 11 is 0. The van der Waals surface area contributed by atoms with Gasteiger partial charge in [-0.25, -0.2) is 0 Å². The molecule has 3 unspecified atom stereocenters. The van der Waals surface area contributed by atoms with Crippen LogP contribution in [-0.2, 0) is 9.47 Å². The largest absolute Gasteiger partial charge is 0.376 e. The van der Waals surface area contributed by atoms with E-state index in [1.807, 2.05) is 7.05 Å². The average molecular weight is 224 g/mol. The van der Waals surface area contributed by atoms with E-state index in [0.29, 0.717) is 6.61 Å². The lowest BCUT2D eigenvalue weighted by Crippen LogP contribution is -2.39. The zero-order valence-corrected chi connectivity index (χ0v) is 9.87. The maximum absolute atomic E-state index is 9.12. The lowest BCUT2D eigenvalue weighted by atomic mass is 10.0. The first kappa shape index (κ1) is 11.8. The Bertz CT molecular complexity index is 271. The summed E-state index contributed by atoms with van der Waals surface area (Å²) in [4.78, 5) is 0. The van der Waals surface area contributed by atoms with Crippen LogP contribution in [-0.4, -0.2) is 38.0 Å². The van der Waals surface area contributed by atoms with Crippen LogP contribution in [0.15, 0.2) is 0 Å². The minimum absolute atomic E-state index is 0.219. The number of hydrogen-bond donors (Lipinski definition) is 1. The molecule has 1 N–H and O–H groups in total. The van der Waals surface area contributed by atoms with E-state index >= 15 is 0 Å². The van der Waals surface area contributed by atoms with E-state index in [1.54, 1.807) is 0 Å². The summed E-state index contributed by atoms with van der Waals surface area (Å²) in [7, 11) is 1.85. The monoisotopic (exact) mass is 224 g/mol. The highest BCUT2D eigenvalue weighted by Crippen LogP contribution is 2.31. The van der Waals surface area contributed by atoms with Gasteiger partial charge in [0.05, 0.1) is 24.9 Å². The van der Waals surface area contributed by atoms with Crippen molar-refractivity contribution in [2.75, 3.05) is 20.3 Å². The first-order chi connectivity index (χ1) is 7.78. The van der Waals surface area contributed by atoms with Gasteiger partial charge in [0.25, 0.3) is 0 Å². The lowest BCUT2D eigenvalue weighted by molar-refractivity contribution is -0.0190. The van der Waals surface area contributed by atoms with Gasteiger partial charge in [-0.1, -0.05) is 0 Å². The van der Waals surface area contributed by atoms with Crippen LogP contribution in [0.3, 0.4) is 0 Å². The Hall–Kier alpha value is -0.630. The van der Waals surface area contributed by atoms with Gasteiger partial charge >= 0.3 is 0 Å². The van der Waals surface area contributed by atoms with E-state index in [1.165, 1.54) is 0 Å². The van der Waals surface area contributed by atoms with Crippen molar-refractivity contribution in [1.82, 2.24) is 5.32 Å². The van der Waals surface area contributed by atoms with Crippen LogP contribution in [0.2, 0.25) is 0 Å². The van der Waals surface area contributed by atoms with E-state index in [2.05, 4.69) is 11.4 Å². The maximum atomic E-state index is 9.12. The molecule has 0 spiro atoms. The van der Waals surface area contributed by atoms with Gasteiger partial charge in [-0.15, -0.1) is 0 Å². The van der Waals surface area contributed by atoms with Crippen molar-refractivity contribution in [2.24, 2.45) is 0 Å². The Kier molecular flexibility index (Phi) is 3.80. The fraction of sp³-hybridized carbons (Fsp3) is 0.917. The van der Waals surface area contributed by atoms with E-state index in [4.69, 9.17) is 14.7 Å². The summed E-state index contributed by atoms with van der Waals surface area (Å²) in [6.07, 6.45) is 5.42. The van der Waals surface area contributed by atoms with Gasteiger partial charge in [-0.3, -0.25) is 0 Å². The van der Waals surface area contributed by atoms with Crippen LogP contribution in [0.25, 0.3) is 0 Å². The third kappa shape index (κ3) is 2.54. The molecule has 4 nitrogen and oxygen atoms in total. The molecule has 16 heavy (non-hydrogen) atoms. The van der Waals surface area contributed by atoms with Gasteiger partial charge < -0.3 is 14.8 Å². The minimum atomic E-state index is -0.360. The normalized spacial score (nSPS) is 38.8. The molecule has 2 rings (SSSR count). The Balaban J connectivity index is 1.74. The summed E-state index contributed by atoms with van der Waals surface area (Å²) in [5.74, 6) is 0. The van der Waals surface area contributed by atoms with Crippen LogP contribution in [0.5, 0.6) is 0 Å². The Morgan fingerprint density at radius 3 is 3.00 bits per heavy atom. The number of nitrogens with zero attached hydrogens (tertiary/aromatic N) is 1. The molecule has 90 valence electrons. The van der Waals surface area contributed by atoms with Crippen LogP contribution >= 0.6 is 0 Å². The van der Waals surface area contributed by atoms with Gasteiger partial charge in [0.15, 0.2) is 0 Å². The molecule has 1 aliphatic heterocycles. The lowest BCUT2D eigenvalue weighted by Gasteiger charge is -2.20. The van der Waals surface area contributed by atoms with Crippen molar-refractivity contribution >= 4 is 0 Å². The van der Waals surface area contributed by atoms with Gasteiger partial charge in [-0.05, 0) is 32.7 Å². The second kappa shape index (κ2) is 5.13. The molecule has 0 aromatic rings. The average Bonchev–Trinajstić information content (AvgIpc) is 2.96. The van der Waals surface area contributed by atoms with Gasteiger partial charge in [-0.2, -0.15) is 5.26 Å². The predicted octanol–water partition coefficient (Wildman–Crippen LogP) is 1.22. The van der Waals surface area contributed by atoms with Crippen LogP contribution in [0, 0.1) is 11.3 Å². The van der Waals surface area contributed by atoms with Crippen LogP contribution in [0.1, 0.15) is 32.1 Å². The molecular weight excluding hydrogens is 204 g/mol. The summed E-state index contributed by atoms with van der Waals surface area (Å²) < 4.78 is 11.3. The SMILES string of the molecule is CNC1(C#N)CCC(OCC2CCCO2)C1. The Morgan fingerprint density at radius 1 is 1.56 bits per heavy atom. The first-order valence-corrected chi connectivity index (χ1v) is 6.11. The number of nitriles is 1. The van der Waals surface area contributed by atoms with Crippen molar-refractivity contribution in [2.45, 2.75) is 49.9 Å².